The molecule has 0 N–H and O–H groups in total. The van der Waals surface area contributed by atoms with Gasteiger partial charge in [-0.05, 0) is 70.0 Å². The number of carbonyl (C=O) groups is 1. The number of benzene rings is 1. The maximum Gasteiger partial charge on any atom is 0.159 e. The lowest BCUT2D eigenvalue weighted by Gasteiger charge is -2.43. The number of rotatable bonds is 3. The molecule has 2 aliphatic rings. The third kappa shape index (κ3) is 3.41. The average Bonchev–Trinajstić information content (AvgIpc) is 2.53. The second-order valence-corrected chi connectivity index (χ2v) is 6.29. The average molecular weight is 284 g/mol. The van der Waals surface area contributed by atoms with Crippen molar-refractivity contribution < 1.29 is 4.79 Å². The molecule has 0 spiro atoms. The first-order chi connectivity index (χ1) is 10.2. The van der Waals surface area contributed by atoms with Crippen LogP contribution in [0.4, 0.5) is 5.69 Å². The van der Waals surface area contributed by atoms with Crippen molar-refractivity contribution in [1.82, 2.24) is 4.90 Å². The maximum absolute atomic E-state index is 11.3. The van der Waals surface area contributed by atoms with Gasteiger partial charge in [0.2, 0.25) is 0 Å². The van der Waals surface area contributed by atoms with Gasteiger partial charge in [-0.2, -0.15) is 0 Å². The largest absolute Gasteiger partial charge is 0.300 e. The fourth-order valence-electron chi connectivity index (χ4n) is 3.64. The van der Waals surface area contributed by atoms with Gasteiger partial charge in [-0.15, -0.1) is 0 Å². The van der Waals surface area contributed by atoms with E-state index in [2.05, 4.69) is 16.1 Å². The van der Waals surface area contributed by atoms with Gasteiger partial charge < -0.3 is 0 Å². The van der Waals surface area contributed by atoms with Crippen LogP contribution in [0.25, 0.3) is 0 Å². The fourth-order valence-corrected chi connectivity index (χ4v) is 3.64. The number of hydrogen-bond acceptors (Lipinski definition) is 3. The zero-order valence-electron chi connectivity index (χ0n) is 12.8. The molecule has 0 aromatic heterocycles. The van der Waals surface area contributed by atoms with Crippen LogP contribution >= 0.6 is 0 Å². The predicted molar refractivity (Wildman–Crippen MR) is 86.5 cm³/mol. The van der Waals surface area contributed by atoms with Crippen LogP contribution in [-0.4, -0.2) is 36.0 Å². The number of piperidine rings is 2. The summed E-state index contributed by atoms with van der Waals surface area (Å²) in [6, 6.07) is 8.31. The molecule has 2 atom stereocenters. The zero-order valence-corrected chi connectivity index (χ0v) is 12.8. The summed E-state index contributed by atoms with van der Waals surface area (Å²) in [5.41, 5.74) is 1.71. The number of aliphatic imine (C=N–C) groups is 1. The van der Waals surface area contributed by atoms with Crippen molar-refractivity contribution in [2.75, 3.05) is 13.1 Å². The number of fused-ring (bicyclic) bond motifs is 1. The molecule has 21 heavy (non-hydrogen) atoms. The first-order valence-corrected chi connectivity index (χ1v) is 8.13. The summed E-state index contributed by atoms with van der Waals surface area (Å²) in [4.78, 5) is 18.6. The van der Waals surface area contributed by atoms with Crippen LogP contribution in [0.15, 0.2) is 29.3 Å². The normalized spacial score (nSPS) is 26.7. The first-order valence-electron chi connectivity index (χ1n) is 8.13. The van der Waals surface area contributed by atoms with E-state index in [-0.39, 0.29) is 5.78 Å². The highest BCUT2D eigenvalue weighted by Crippen LogP contribution is 2.30. The molecule has 0 aliphatic carbocycles. The number of nitrogens with zero attached hydrogens (tertiary/aromatic N) is 2. The van der Waals surface area contributed by atoms with Crippen molar-refractivity contribution in [3.63, 3.8) is 0 Å². The first kappa shape index (κ1) is 14.5. The van der Waals surface area contributed by atoms with Crippen LogP contribution in [-0.2, 0) is 0 Å². The minimum atomic E-state index is 0.107. The van der Waals surface area contributed by atoms with Gasteiger partial charge >= 0.3 is 0 Å². The summed E-state index contributed by atoms with van der Waals surface area (Å²) in [7, 11) is 0. The van der Waals surface area contributed by atoms with Gasteiger partial charge in [0, 0.05) is 23.7 Å². The van der Waals surface area contributed by atoms with Crippen LogP contribution in [0.2, 0.25) is 0 Å². The fraction of sp³-hybridized carbons (Fsp3) is 0.556. The lowest BCUT2D eigenvalue weighted by Crippen LogP contribution is -2.48. The Bertz CT molecular complexity index is 519. The molecule has 2 aliphatic heterocycles. The Balaban J connectivity index is 1.68. The van der Waals surface area contributed by atoms with Gasteiger partial charge in [0.05, 0.1) is 5.69 Å². The standard InChI is InChI=1S/C18H24N2O/c1-14(21)15-7-9-17(10-8-15)19-13-16-5-4-12-20-11-3-2-6-18(16)20/h7-10,13,16,18H,2-6,11-12H2,1H3/t16-,18+/m1/s1. The lowest BCUT2D eigenvalue weighted by molar-refractivity contribution is 0.0870. The molecule has 0 saturated carbocycles. The van der Waals surface area contributed by atoms with Crippen molar-refractivity contribution in [2.45, 2.75) is 45.1 Å². The van der Waals surface area contributed by atoms with Crippen LogP contribution in [0, 0.1) is 5.92 Å². The Morgan fingerprint density at radius 3 is 2.67 bits per heavy atom. The highest BCUT2D eigenvalue weighted by molar-refractivity contribution is 5.94. The highest BCUT2D eigenvalue weighted by Gasteiger charge is 2.31. The highest BCUT2D eigenvalue weighted by atomic mass is 16.1. The minimum absolute atomic E-state index is 0.107. The quantitative estimate of drug-likeness (QED) is 0.624. The number of carbonyl (C=O) groups excluding carboxylic acids is 1. The number of Topliss-reactive ketones (excluding diaryl/α,β-unsaturated/α-hetero) is 1. The van der Waals surface area contributed by atoms with E-state index in [0.717, 1.165) is 11.3 Å². The smallest absolute Gasteiger partial charge is 0.159 e. The molecule has 3 rings (SSSR count). The Hall–Kier alpha value is -1.48. The number of hydrogen-bond donors (Lipinski definition) is 0. The van der Waals surface area contributed by atoms with Crippen molar-refractivity contribution in [3.8, 4) is 0 Å². The van der Waals surface area contributed by atoms with Crippen molar-refractivity contribution in [2.24, 2.45) is 10.9 Å². The van der Waals surface area contributed by atoms with E-state index in [0.29, 0.717) is 12.0 Å². The lowest BCUT2D eigenvalue weighted by atomic mass is 9.84. The second kappa shape index (κ2) is 6.52. The van der Waals surface area contributed by atoms with E-state index in [9.17, 15) is 4.79 Å². The van der Waals surface area contributed by atoms with Crippen LogP contribution in [0.3, 0.4) is 0 Å². The molecular formula is C18H24N2O. The van der Waals surface area contributed by atoms with Gasteiger partial charge in [0.25, 0.3) is 0 Å². The predicted octanol–water partition coefficient (Wildman–Crippen LogP) is 3.86. The Morgan fingerprint density at radius 2 is 1.90 bits per heavy atom. The van der Waals surface area contributed by atoms with Gasteiger partial charge in [0.15, 0.2) is 5.78 Å². The summed E-state index contributed by atoms with van der Waals surface area (Å²) >= 11 is 0. The van der Waals surface area contributed by atoms with Gasteiger partial charge in [0.1, 0.15) is 0 Å². The molecular weight excluding hydrogens is 260 g/mol. The summed E-state index contributed by atoms with van der Waals surface area (Å²) in [6.45, 7) is 4.13. The van der Waals surface area contributed by atoms with Crippen LogP contribution < -0.4 is 0 Å². The third-order valence-corrected chi connectivity index (χ3v) is 4.83. The molecule has 2 saturated heterocycles. The SMILES string of the molecule is CC(=O)c1ccc(N=C[C@H]2CCCN3CCCC[C@@H]23)cc1. The zero-order chi connectivity index (χ0) is 14.7. The molecule has 0 radical (unpaired) electrons. The monoisotopic (exact) mass is 284 g/mol. The third-order valence-electron chi connectivity index (χ3n) is 4.83. The summed E-state index contributed by atoms with van der Waals surface area (Å²) in [5, 5.41) is 0. The molecule has 0 bridgehead atoms. The van der Waals surface area contributed by atoms with Gasteiger partial charge in [-0.25, -0.2) is 0 Å². The molecule has 112 valence electrons. The minimum Gasteiger partial charge on any atom is -0.300 e. The van der Waals surface area contributed by atoms with Crippen molar-refractivity contribution >= 4 is 17.7 Å². The van der Waals surface area contributed by atoms with Crippen LogP contribution in [0.1, 0.15) is 49.4 Å². The summed E-state index contributed by atoms with van der Waals surface area (Å²) in [5.74, 6) is 0.696. The van der Waals surface area contributed by atoms with E-state index in [1.165, 1.54) is 45.2 Å². The molecule has 3 nitrogen and oxygen atoms in total. The Morgan fingerprint density at radius 1 is 1.14 bits per heavy atom. The second-order valence-electron chi connectivity index (χ2n) is 6.29. The van der Waals surface area contributed by atoms with Crippen molar-refractivity contribution in [1.29, 1.82) is 0 Å². The van der Waals surface area contributed by atoms with E-state index in [1.54, 1.807) is 6.92 Å². The van der Waals surface area contributed by atoms with E-state index >= 15 is 0 Å². The van der Waals surface area contributed by atoms with Gasteiger partial charge in [-0.1, -0.05) is 6.42 Å². The summed E-state index contributed by atoms with van der Waals surface area (Å²) in [6.07, 6.45) is 8.74. The molecule has 1 aromatic carbocycles. The summed E-state index contributed by atoms with van der Waals surface area (Å²) < 4.78 is 0. The van der Waals surface area contributed by atoms with E-state index < -0.39 is 0 Å². The molecule has 2 heterocycles. The molecule has 0 unspecified atom stereocenters. The maximum atomic E-state index is 11.3. The van der Waals surface area contributed by atoms with Crippen molar-refractivity contribution in [3.05, 3.63) is 29.8 Å². The molecule has 0 amide bonds. The molecule has 1 aromatic rings. The molecule has 3 heteroatoms. The topological polar surface area (TPSA) is 32.7 Å². The molecule has 2 fully saturated rings. The Labute approximate surface area is 127 Å². The van der Waals surface area contributed by atoms with E-state index in [4.69, 9.17) is 0 Å². The van der Waals surface area contributed by atoms with Gasteiger partial charge in [-0.3, -0.25) is 14.7 Å². The number of ketones is 1. The Kier molecular flexibility index (Phi) is 4.49. The van der Waals surface area contributed by atoms with E-state index in [1.807, 2.05) is 24.3 Å². The van der Waals surface area contributed by atoms with Crippen LogP contribution in [0.5, 0.6) is 0 Å².